The van der Waals surface area contributed by atoms with E-state index in [1.54, 1.807) is 0 Å². The zero-order chi connectivity index (χ0) is 14.5. The van der Waals surface area contributed by atoms with Crippen LogP contribution in [-0.2, 0) is 0 Å². The molecule has 0 aliphatic carbocycles. The number of aromatic nitrogens is 1. The fourth-order valence-corrected chi connectivity index (χ4v) is 1.53. The van der Waals surface area contributed by atoms with Crippen molar-refractivity contribution in [1.82, 2.24) is 4.98 Å². The van der Waals surface area contributed by atoms with E-state index < -0.39 is 11.7 Å². The number of rotatable bonds is 3. The molecule has 0 fully saturated rings. The van der Waals surface area contributed by atoms with Gasteiger partial charge in [0.2, 0.25) is 0 Å². The van der Waals surface area contributed by atoms with Gasteiger partial charge in [-0.25, -0.2) is 9.37 Å². The molecule has 1 aromatic carbocycles. The second-order valence-electron chi connectivity index (χ2n) is 3.85. The second-order valence-corrected chi connectivity index (χ2v) is 3.85. The van der Waals surface area contributed by atoms with Crippen molar-refractivity contribution >= 4 is 11.6 Å². The second kappa shape index (κ2) is 5.80. The lowest BCUT2D eigenvalue weighted by molar-refractivity contribution is 0.102. The maximum absolute atomic E-state index is 13.2. The fraction of sp³-hybridized carbons (Fsp3) is 0.0714. The van der Waals surface area contributed by atoms with Gasteiger partial charge in [-0.1, -0.05) is 0 Å². The normalized spacial score (nSPS) is 9.65. The Bertz CT molecular complexity index is 678. The van der Waals surface area contributed by atoms with Crippen LogP contribution in [0.5, 0.6) is 5.75 Å². The third-order valence-electron chi connectivity index (χ3n) is 2.53. The first-order chi connectivity index (χ1) is 9.63. The first-order valence-corrected chi connectivity index (χ1v) is 5.65. The van der Waals surface area contributed by atoms with Crippen LogP contribution in [0.1, 0.15) is 16.1 Å². The number of carbonyl (C=O) groups is 1. The average Bonchev–Trinajstić information content (AvgIpc) is 2.49. The molecular weight excluding hydrogens is 261 g/mol. The molecule has 2 aromatic rings. The largest absolute Gasteiger partial charge is 0.494 e. The molecule has 0 unspecified atom stereocenters. The third kappa shape index (κ3) is 2.90. The van der Waals surface area contributed by atoms with Crippen LogP contribution >= 0.6 is 0 Å². The van der Waals surface area contributed by atoms with Gasteiger partial charge in [0.05, 0.1) is 12.7 Å². The van der Waals surface area contributed by atoms with Crippen molar-refractivity contribution in [2.45, 2.75) is 0 Å². The third-order valence-corrected chi connectivity index (χ3v) is 2.53. The van der Waals surface area contributed by atoms with Crippen molar-refractivity contribution in [3.05, 3.63) is 53.6 Å². The molecule has 1 aromatic heterocycles. The van der Waals surface area contributed by atoms with Crippen molar-refractivity contribution in [2.75, 3.05) is 12.4 Å². The van der Waals surface area contributed by atoms with Crippen LogP contribution in [0.4, 0.5) is 10.1 Å². The fourth-order valence-electron chi connectivity index (χ4n) is 1.53. The topological polar surface area (TPSA) is 75.0 Å². The van der Waals surface area contributed by atoms with Crippen molar-refractivity contribution in [3.63, 3.8) is 0 Å². The summed E-state index contributed by atoms with van der Waals surface area (Å²) in [6.07, 6.45) is 1.31. The predicted molar refractivity (Wildman–Crippen MR) is 69.9 cm³/mol. The molecule has 1 amide bonds. The number of nitrogens with zero attached hydrogens (tertiary/aromatic N) is 2. The molecule has 0 bridgehead atoms. The Morgan fingerprint density at radius 1 is 1.40 bits per heavy atom. The molecule has 0 spiro atoms. The van der Waals surface area contributed by atoms with E-state index in [9.17, 15) is 9.18 Å². The Morgan fingerprint density at radius 3 is 2.80 bits per heavy atom. The van der Waals surface area contributed by atoms with Gasteiger partial charge < -0.3 is 10.1 Å². The van der Waals surface area contributed by atoms with Crippen LogP contribution in [0, 0.1) is 17.1 Å². The molecule has 0 aliphatic rings. The number of carbonyl (C=O) groups excluding carboxylic acids is 1. The number of ether oxygens (including phenoxy) is 1. The molecule has 20 heavy (non-hydrogen) atoms. The average molecular weight is 271 g/mol. The van der Waals surface area contributed by atoms with Crippen LogP contribution in [0.2, 0.25) is 0 Å². The minimum Gasteiger partial charge on any atom is -0.494 e. The first kappa shape index (κ1) is 13.5. The van der Waals surface area contributed by atoms with Gasteiger partial charge in [-0.05, 0) is 24.3 Å². The smallest absolute Gasteiger partial charge is 0.274 e. The number of benzene rings is 1. The maximum Gasteiger partial charge on any atom is 0.274 e. The summed E-state index contributed by atoms with van der Waals surface area (Å²) in [5, 5.41) is 11.2. The molecule has 100 valence electrons. The van der Waals surface area contributed by atoms with Gasteiger partial charge in [0.1, 0.15) is 11.8 Å². The Labute approximate surface area is 114 Å². The number of nitrogens with one attached hydrogen (secondary N) is 1. The monoisotopic (exact) mass is 271 g/mol. The quantitative estimate of drug-likeness (QED) is 0.929. The number of pyridine rings is 1. The number of nitriles is 1. The molecule has 2 rings (SSSR count). The lowest BCUT2D eigenvalue weighted by atomic mass is 10.2. The maximum atomic E-state index is 13.2. The Hall–Kier alpha value is -2.94. The summed E-state index contributed by atoms with van der Waals surface area (Å²) in [4.78, 5) is 15.8. The van der Waals surface area contributed by atoms with Crippen LogP contribution < -0.4 is 10.1 Å². The number of methoxy groups -OCH3 is 1. The van der Waals surface area contributed by atoms with Crippen molar-refractivity contribution in [3.8, 4) is 11.8 Å². The van der Waals surface area contributed by atoms with Gasteiger partial charge in [0.15, 0.2) is 11.6 Å². The van der Waals surface area contributed by atoms with Crippen molar-refractivity contribution < 1.29 is 13.9 Å². The van der Waals surface area contributed by atoms with Crippen LogP contribution in [0.15, 0.2) is 36.5 Å². The van der Waals surface area contributed by atoms with Gasteiger partial charge in [0.25, 0.3) is 5.91 Å². The van der Waals surface area contributed by atoms with E-state index in [4.69, 9.17) is 10.00 Å². The first-order valence-electron chi connectivity index (χ1n) is 5.65. The van der Waals surface area contributed by atoms with Gasteiger partial charge >= 0.3 is 0 Å². The molecule has 0 saturated carbocycles. The summed E-state index contributed by atoms with van der Waals surface area (Å²) in [6.45, 7) is 0. The summed E-state index contributed by atoms with van der Waals surface area (Å²) >= 11 is 0. The van der Waals surface area contributed by atoms with E-state index in [2.05, 4.69) is 10.3 Å². The number of hydrogen-bond donors (Lipinski definition) is 1. The van der Waals surface area contributed by atoms with Gasteiger partial charge in [-0.3, -0.25) is 4.79 Å². The van der Waals surface area contributed by atoms with Crippen LogP contribution in [0.3, 0.4) is 0 Å². The van der Waals surface area contributed by atoms with Gasteiger partial charge in [0, 0.05) is 18.0 Å². The Balaban J connectivity index is 2.16. The minimum absolute atomic E-state index is 0.0376. The number of anilines is 1. The van der Waals surface area contributed by atoms with E-state index in [0.29, 0.717) is 11.3 Å². The Kier molecular flexibility index (Phi) is 3.91. The zero-order valence-corrected chi connectivity index (χ0v) is 10.6. The molecule has 1 N–H and O–H groups in total. The van der Waals surface area contributed by atoms with E-state index >= 15 is 0 Å². The SMILES string of the molecule is COc1cc(NC(=O)c2ccc(C#N)cn2)ccc1F. The highest BCUT2D eigenvalue weighted by molar-refractivity contribution is 6.02. The molecule has 0 saturated heterocycles. The predicted octanol–water partition coefficient (Wildman–Crippen LogP) is 2.35. The molecule has 1 heterocycles. The summed E-state index contributed by atoms with van der Waals surface area (Å²) in [7, 11) is 1.34. The summed E-state index contributed by atoms with van der Waals surface area (Å²) in [5.74, 6) is -0.930. The molecule has 0 atom stereocenters. The van der Waals surface area contributed by atoms with Crippen molar-refractivity contribution in [2.24, 2.45) is 0 Å². The number of hydrogen-bond acceptors (Lipinski definition) is 4. The number of halogens is 1. The van der Waals surface area contributed by atoms with Gasteiger partial charge in [-0.15, -0.1) is 0 Å². The van der Waals surface area contributed by atoms with E-state index in [0.717, 1.165) is 0 Å². The zero-order valence-electron chi connectivity index (χ0n) is 10.6. The highest BCUT2D eigenvalue weighted by atomic mass is 19.1. The molecule has 5 nitrogen and oxygen atoms in total. The highest BCUT2D eigenvalue weighted by Gasteiger charge is 2.10. The van der Waals surface area contributed by atoms with Gasteiger partial charge in [-0.2, -0.15) is 5.26 Å². The highest BCUT2D eigenvalue weighted by Crippen LogP contribution is 2.21. The van der Waals surface area contributed by atoms with E-state index in [1.807, 2.05) is 6.07 Å². The lowest BCUT2D eigenvalue weighted by Gasteiger charge is -2.07. The number of amides is 1. The lowest BCUT2D eigenvalue weighted by Crippen LogP contribution is -2.13. The Morgan fingerprint density at radius 2 is 2.20 bits per heavy atom. The summed E-state index contributed by atoms with van der Waals surface area (Å²) in [6, 6.07) is 8.83. The molecule has 0 radical (unpaired) electrons. The standard InChI is InChI=1S/C14H10FN3O2/c1-20-13-6-10(3-4-11(13)15)18-14(19)12-5-2-9(7-16)8-17-12/h2-6,8H,1H3,(H,18,19). The van der Waals surface area contributed by atoms with E-state index in [-0.39, 0.29) is 11.4 Å². The van der Waals surface area contributed by atoms with Crippen molar-refractivity contribution in [1.29, 1.82) is 5.26 Å². The summed E-state index contributed by atoms with van der Waals surface area (Å²) in [5.41, 5.74) is 0.914. The molecular formula is C14H10FN3O2. The van der Waals surface area contributed by atoms with E-state index in [1.165, 1.54) is 43.6 Å². The van der Waals surface area contributed by atoms with Crippen LogP contribution in [-0.4, -0.2) is 18.0 Å². The minimum atomic E-state index is -0.512. The summed E-state index contributed by atoms with van der Waals surface area (Å²) < 4.78 is 18.1. The molecule has 0 aliphatic heterocycles. The van der Waals surface area contributed by atoms with Crippen LogP contribution in [0.25, 0.3) is 0 Å². The molecule has 6 heteroatoms.